The largest absolute Gasteiger partial charge is 0.392 e. The Morgan fingerprint density at radius 3 is 2.95 bits per heavy atom. The number of hydrogen-bond donors (Lipinski definition) is 2. The number of anilines is 1. The van der Waals surface area contributed by atoms with E-state index in [-0.39, 0.29) is 25.2 Å². The van der Waals surface area contributed by atoms with Crippen molar-refractivity contribution in [2.75, 3.05) is 11.9 Å². The summed E-state index contributed by atoms with van der Waals surface area (Å²) in [7, 11) is 0. The van der Waals surface area contributed by atoms with Crippen LogP contribution in [0.2, 0.25) is 0 Å². The Kier molecular flexibility index (Phi) is 5.56. The molecule has 2 N–H and O–H groups in total. The lowest BCUT2D eigenvalue weighted by Crippen LogP contribution is -2.29. The van der Waals surface area contributed by atoms with E-state index < -0.39 is 0 Å². The average molecular weight is 277 g/mol. The first-order valence-corrected chi connectivity index (χ1v) is 7.30. The van der Waals surface area contributed by atoms with Crippen LogP contribution < -0.4 is 5.32 Å². The Balaban J connectivity index is 1.79. The lowest BCUT2D eigenvalue weighted by molar-refractivity contribution is -0.124. The van der Waals surface area contributed by atoms with E-state index in [4.69, 9.17) is 9.84 Å². The van der Waals surface area contributed by atoms with E-state index in [1.54, 1.807) is 12.1 Å². The van der Waals surface area contributed by atoms with E-state index >= 15 is 0 Å². The van der Waals surface area contributed by atoms with Crippen LogP contribution >= 0.6 is 0 Å². The summed E-state index contributed by atoms with van der Waals surface area (Å²) in [5.41, 5.74) is 1.48. The second-order valence-corrected chi connectivity index (χ2v) is 5.52. The van der Waals surface area contributed by atoms with E-state index in [1.807, 2.05) is 12.1 Å². The lowest BCUT2D eigenvalue weighted by Gasteiger charge is -2.28. The van der Waals surface area contributed by atoms with Crippen LogP contribution in [0.4, 0.5) is 5.69 Å². The van der Waals surface area contributed by atoms with Crippen molar-refractivity contribution in [3.63, 3.8) is 0 Å². The SMILES string of the molecule is CC1CCCCC1OCC(=O)Nc1cccc(CO)c1. The summed E-state index contributed by atoms with van der Waals surface area (Å²) in [6.45, 7) is 2.25. The highest BCUT2D eigenvalue weighted by Gasteiger charge is 2.22. The van der Waals surface area contributed by atoms with E-state index in [9.17, 15) is 4.79 Å². The molecule has 2 unspecified atom stereocenters. The monoisotopic (exact) mass is 277 g/mol. The molecule has 110 valence electrons. The molecule has 0 saturated heterocycles. The maximum Gasteiger partial charge on any atom is 0.250 e. The van der Waals surface area contributed by atoms with Gasteiger partial charge in [0.25, 0.3) is 0 Å². The molecule has 20 heavy (non-hydrogen) atoms. The fourth-order valence-corrected chi connectivity index (χ4v) is 2.66. The normalized spacial score (nSPS) is 22.5. The van der Waals surface area contributed by atoms with Crippen molar-refractivity contribution in [3.05, 3.63) is 29.8 Å². The molecule has 0 aliphatic heterocycles. The number of carbonyl (C=O) groups excluding carboxylic acids is 1. The van der Waals surface area contributed by atoms with Gasteiger partial charge in [0.2, 0.25) is 5.91 Å². The second kappa shape index (κ2) is 7.41. The molecule has 2 atom stereocenters. The van der Waals surface area contributed by atoms with Gasteiger partial charge < -0.3 is 15.2 Å². The van der Waals surface area contributed by atoms with Gasteiger partial charge >= 0.3 is 0 Å². The fraction of sp³-hybridized carbons (Fsp3) is 0.562. The number of aliphatic hydroxyl groups is 1. The first-order valence-electron chi connectivity index (χ1n) is 7.30. The number of amides is 1. The average Bonchev–Trinajstić information content (AvgIpc) is 2.46. The van der Waals surface area contributed by atoms with Gasteiger partial charge in [0.05, 0.1) is 12.7 Å². The quantitative estimate of drug-likeness (QED) is 0.870. The molecule has 0 radical (unpaired) electrons. The van der Waals surface area contributed by atoms with Crippen LogP contribution in [-0.4, -0.2) is 23.7 Å². The van der Waals surface area contributed by atoms with Crippen molar-refractivity contribution in [3.8, 4) is 0 Å². The van der Waals surface area contributed by atoms with Gasteiger partial charge in [0.1, 0.15) is 6.61 Å². The molecule has 0 bridgehead atoms. The summed E-state index contributed by atoms with van der Waals surface area (Å²) in [5.74, 6) is 0.395. The third-order valence-electron chi connectivity index (χ3n) is 3.85. The molecule has 1 aromatic rings. The minimum atomic E-state index is -0.141. The highest BCUT2D eigenvalue weighted by Crippen LogP contribution is 2.26. The van der Waals surface area contributed by atoms with Crippen LogP contribution in [0.5, 0.6) is 0 Å². The van der Waals surface area contributed by atoms with Crippen molar-refractivity contribution in [2.24, 2.45) is 5.92 Å². The number of benzene rings is 1. The van der Waals surface area contributed by atoms with Crippen LogP contribution in [0, 0.1) is 5.92 Å². The molecule has 4 nitrogen and oxygen atoms in total. The van der Waals surface area contributed by atoms with Crippen molar-refractivity contribution < 1.29 is 14.6 Å². The van der Waals surface area contributed by atoms with Crippen LogP contribution in [-0.2, 0) is 16.1 Å². The number of ether oxygens (including phenoxy) is 1. The first kappa shape index (κ1) is 15.0. The zero-order chi connectivity index (χ0) is 14.4. The maximum atomic E-state index is 11.9. The Hall–Kier alpha value is -1.39. The summed E-state index contributed by atoms with van der Waals surface area (Å²) in [6, 6.07) is 7.20. The Bertz CT molecular complexity index is 447. The molecular formula is C16H23NO3. The zero-order valence-corrected chi connectivity index (χ0v) is 12.0. The summed E-state index contributed by atoms with van der Waals surface area (Å²) in [6.07, 6.45) is 4.90. The number of nitrogens with one attached hydrogen (secondary N) is 1. The predicted octanol–water partition coefficient (Wildman–Crippen LogP) is 2.71. The minimum Gasteiger partial charge on any atom is -0.392 e. The number of carbonyl (C=O) groups is 1. The van der Waals surface area contributed by atoms with Gasteiger partial charge in [-0.1, -0.05) is 31.9 Å². The molecule has 1 aliphatic rings. The van der Waals surface area contributed by atoms with Crippen LogP contribution in [0.15, 0.2) is 24.3 Å². The van der Waals surface area contributed by atoms with E-state index in [0.29, 0.717) is 11.6 Å². The van der Waals surface area contributed by atoms with E-state index in [0.717, 1.165) is 12.0 Å². The maximum absolute atomic E-state index is 11.9. The summed E-state index contributed by atoms with van der Waals surface area (Å²) >= 11 is 0. The molecule has 0 aromatic heterocycles. The van der Waals surface area contributed by atoms with Gasteiger partial charge in [-0.3, -0.25) is 4.79 Å². The van der Waals surface area contributed by atoms with Gasteiger partial charge in [-0.05, 0) is 36.5 Å². The van der Waals surface area contributed by atoms with Crippen molar-refractivity contribution in [1.29, 1.82) is 0 Å². The van der Waals surface area contributed by atoms with Crippen LogP contribution in [0.3, 0.4) is 0 Å². The molecule has 1 aromatic carbocycles. The van der Waals surface area contributed by atoms with Crippen molar-refractivity contribution in [1.82, 2.24) is 0 Å². The third kappa shape index (κ3) is 4.32. The topological polar surface area (TPSA) is 58.6 Å². The summed E-state index contributed by atoms with van der Waals surface area (Å²) < 4.78 is 5.72. The van der Waals surface area contributed by atoms with Crippen molar-refractivity contribution in [2.45, 2.75) is 45.3 Å². The second-order valence-electron chi connectivity index (χ2n) is 5.52. The zero-order valence-electron chi connectivity index (χ0n) is 12.0. The third-order valence-corrected chi connectivity index (χ3v) is 3.85. The Morgan fingerprint density at radius 2 is 2.20 bits per heavy atom. The van der Waals surface area contributed by atoms with Gasteiger partial charge in [-0.15, -0.1) is 0 Å². The summed E-state index contributed by atoms with van der Waals surface area (Å²) in [5, 5.41) is 11.9. The van der Waals surface area contributed by atoms with Crippen LogP contribution in [0.1, 0.15) is 38.2 Å². The Labute approximate surface area is 120 Å². The molecular weight excluding hydrogens is 254 g/mol. The molecule has 1 aliphatic carbocycles. The van der Waals surface area contributed by atoms with E-state index in [2.05, 4.69) is 12.2 Å². The molecule has 4 heteroatoms. The highest BCUT2D eigenvalue weighted by atomic mass is 16.5. The molecule has 2 rings (SSSR count). The standard InChI is InChI=1S/C16H23NO3/c1-12-5-2-3-8-15(12)20-11-16(19)17-14-7-4-6-13(9-14)10-18/h4,6-7,9,12,15,18H,2-3,5,8,10-11H2,1H3,(H,17,19). The van der Waals surface area contributed by atoms with E-state index in [1.165, 1.54) is 19.3 Å². The predicted molar refractivity (Wildman–Crippen MR) is 78.4 cm³/mol. The molecule has 1 amide bonds. The fourth-order valence-electron chi connectivity index (χ4n) is 2.66. The Morgan fingerprint density at radius 1 is 1.40 bits per heavy atom. The molecule has 0 spiro atoms. The van der Waals surface area contributed by atoms with Crippen LogP contribution in [0.25, 0.3) is 0 Å². The van der Waals surface area contributed by atoms with Crippen molar-refractivity contribution >= 4 is 11.6 Å². The first-order chi connectivity index (χ1) is 9.69. The molecule has 1 fully saturated rings. The lowest BCUT2D eigenvalue weighted by atomic mass is 9.88. The number of aliphatic hydroxyl groups excluding tert-OH is 1. The molecule has 0 heterocycles. The molecule has 1 saturated carbocycles. The highest BCUT2D eigenvalue weighted by molar-refractivity contribution is 5.91. The van der Waals surface area contributed by atoms with Gasteiger partial charge in [-0.25, -0.2) is 0 Å². The minimum absolute atomic E-state index is 0.0280. The van der Waals surface area contributed by atoms with Gasteiger partial charge in [0, 0.05) is 5.69 Å². The van der Waals surface area contributed by atoms with Gasteiger partial charge in [0.15, 0.2) is 0 Å². The number of hydrogen-bond acceptors (Lipinski definition) is 3. The summed E-state index contributed by atoms with van der Waals surface area (Å²) in [4.78, 5) is 11.9. The smallest absolute Gasteiger partial charge is 0.250 e. The number of rotatable bonds is 5. The van der Waals surface area contributed by atoms with Gasteiger partial charge in [-0.2, -0.15) is 0 Å².